The van der Waals surface area contributed by atoms with E-state index in [0.29, 0.717) is 11.8 Å². The highest BCUT2D eigenvalue weighted by Crippen LogP contribution is 2.18. The topological polar surface area (TPSA) is 20.2 Å². The van der Waals surface area contributed by atoms with Crippen molar-refractivity contribution in [2.45, 2.75) is 40.2 Å². The maximum absolute atomic E-state index is 10.0. The van der Waals surface area contributed by atoms with Crippen LogP contribution in [0.1, 0.15) is 31.9 Å². The van der Waals surface area contributed by atoms with Crippen molar-refractivity contribution in [2.75, 3.05) is 0 Å². The Labute approximate surface area is 93.1 Å². The van der Waals surface area contributed by atoms with E-state index in [0.717, 1.165) is 6.42 Å². The summed E-state index contributed by atoms with van der Waals surface area (Å²) in [6, 6.07) is 8.40. The normalized spacial score (nSPS) is 15.3. The molecule has 1 aromatic rings. The Bertz CT molecular complexity index is 287. The van der Waals surface area contributed by atoms with Gasteiger partial charge in [-0.2, -0.15) is 0 Å². The first-order valence-corrected chi connectivity index (χ1v) is 5.74. The SMILES string of the molecule is Cc1ccc(CC(O)C(C)C(C)C)cc1. The predicted molar refractivity (Wildman–Crippen MR) is 64.9 cm³/mol. The van der Waals surface area contributed by atoms with Gasteiger partial charge in [-0.15, -0.1) is 0 Å². The third-order valence-corrected chi connectivity index (χ3v) is 3.22. The molecule has 0 fully saturated rings. The number of benzene rings is 1. The molecule has 0 saturated carbocycles. The third kappa shape index (κ3) is 3.67. The minimum absolute atomic E-state index is 0.229. The van der Waals surface area contributed by atoms with E-state index < -0.39 is 0 Å². The summed E-state index contributed by atoms with van der Waals surface area (Å²) in [6.07, 6.45) is 0.535. The second-order valence-electron chi connectivity index (χ2n) is 4.86. The lowest BCUT2D eigenvalue weighted by atomic mass is 9.89. The molecule has 0 heterocycles. The van der Waals surface area contributed by atoms with Crippen molar-refractivity contribution < 1.29 is 5.11 Å². The standard InChI is InChI=1S/C14H22O/c1-10(2)12(4)14(15)9-13-7-5-11(3)6-8-13/h5-8,10,12,14-15H,9H2,1-4H3. The zero-order chi connectivity index (χ0) is 11.4. The Morgan fingerprint density at radius 3 is 2.07 bits per heavy atom. The minimum atomic E-state index is -0.229. The van der Waals surface area contributed by atoms with Gasteiger partial charge in [-0.25, -0.2) is 0 Å². The summed E-state index contributed by atoms with van der Waals surface area (Å²) in [7, 11) is 0. The molecule has 2 unspecified atom stereocenters. The summed E-state index contributed by atoms with van der Waals surface area (Å²) in [6.45, 7) is 8.51. The van der Waals surface area contributed by atoms with Gasteiger partial charge in [0.05, 0.1) is 6.10 Å². The quantitative estimate of drug-likeness (QED) is 0.802. The molecule has 0 amide bonds. The molecular formula is C14H22O. The van der Waals surface area contributed by atoms with Crippen LogP contribution in [0, 0.1) is 18.8 Å². The van der Waals surface area contributed by atoms with E-state index in [-0.39, 0.29) is 6.10 Å². The molecule has 0 aliphatic heterocycles. The van der Waals surface area contributed by atoms with Crippen LogP contribution in [-0.4, -0.2) is 11.2 Å². The highest BCUT2D eigenvalue weighted by molar-refractivity contribution is 5.21. The van der Waals surface area contributed by atoms with Crippen molar-refractivity contribution in [1.29, 1.82) is 0 Å². The van der Waals surface area contributed by atoms with Gasteiger partial charge in [0, 0.05) is 0 Å². The highest BCUT2D eigenvalue weighted by atomic mass is 16.3. The van der Waals surface area contributed by atoms with Crippen LogP contribution in [0.25, 0.3) is 0 Å². The van der Waals surface area contributed by atoms with Crippen LogP contribution < -0.4 is 0 Å². The smallest absolute Gasteiger partial charge is 0.0608 e. The Balaban J connectivity index is 2.58. The van der Waals surface area contributed by atoms with Gasteiger partial charge in [-0.05, 0) is 30.7 Å². The van der Waals surface area contributed by atoms with Crippen LogP contribution in [0.3, 0.4) is 0 Å². The molecule has 0 aliphatic carbocycles. The van der Waals surface area contributed by atoms with E-state index in [2.05, 4.69) is 52.0 Å². The number of aryl methyl sites for hydroxylation is 1. The van der Waals surface area contributed by atoms with E-state index in [1.807, 2.05) is 0 Å². The average molecular weight is 206 g/mol. The van der Waals surface area contributed by atoms with Crippen LogP contribution in [0.2, 0.25) is 0 Å². The molecule has 1 rings (SSSR count). The zero-order valence-electron chi connectivity index (χ0n) is 10.2. The number of rotatable bonds is 4. The molecule has 0 spiro atoms. The number of hydrogen-bond acceptors (Lipinski definition) is 1. The van der Waals surface area contributed by atoms with E-state index >= 15 is 0 Å². The van der Waals surface area contributed by atoms with Gasteiger partial charge in [0.15, 0.2) is 0 Å². The van der Waals surface area contributed by atoms with Gasteiger partial charge in [-0.1, -0.05) is 50.6 Å². The van der Waals surface area contributed by atoms with E-state index in [1.165, 1.54) is 11.1 Å². The third-order valence-electron chi connectivity index (χ3n) is 3.22. The molecule has 15 heavy (non-hydrogen) atoms. The summed E-state index contributed by atoms with van der Waals surface area (Å²) >= 11 is 0. The summed E-state index contributed by atoms with van der Waals surface area (Å²) in [5.74, 6) is 0.886. The van der Waals surface area contributed by atoms with E-state index in [9.17, 15) is 5.11 Å². The maximum Gasteiger partial charge on any atom is 0.0608 e. The number of hydrogen-bond donors (Lipinski definition) is 1. The van der Waals surface area contributed by atoms with Crippen LogP contribution >= 0.6 is 0 Å². The Hall–Kier alpha value is -0.820. The Morgan fingerprint density at radius 1 is 1.07 bits per heavy atom. The molecule has 0 saturated heterocycles. The molecule has 0 bridgehead atoms. The molecule has 0 radical (unpaired) electrons. The van der Waals surface area contributed by atoms with Gasteiger partial charge in [0.25, 0.3) is 0 Å². The van der Waals surface area contributed by atoms with Crippen molar-refractivity contribution in [3.63, 3.8) is 0 Å². The first-order chi connectivity index (χ1) is 7.00. The highest BCUT2D eigenvalue weighted by Gasteiger charge is 2.17. The van der Waals surface area contributed by atoms with Gasteiger partial charge in [0.2, 0.25) is 0 Å². The van der Waals surface area contributed by atoms with E-state index in [1.54, 1.807) is 0 Å². The molecule has 0 aromatic heterocycles. The summed E-state index contributed by atoms with van der Waals surface area (Å²) in [5.41, 5.74) is 2.49. The Kier molecular flexibility index (Phi) is 4.34. The van der Waals surface area contributed by atoms with Crippen LogP contribution in [0.15, 0.2) is 24.3 Å². The van der Waals surface area contributed by atoms with Crippen molar-refractivity contribution in [2.24, 2.45) is 11.8 Å². The zero-order valence-corrected chi connectivity index (χ0v) is 10.2. The van der Waals surface area contributed by atoms with Gasteiger partial charge >= 0.3 is 0 Å². The fraction of sp³-hybridized carbons (Fsp3) is 0.571. The molecular weight excluding hydrogens is 184 g/mol. The molecule has 1 aromatic carbocycles. The first-order valence-electron chi connectivity index (χ1n) is 5.74. The lowest BCUT2D eigenvalue weighted by Gasteiger charge is -2.22. The second-order valence-corrected chi connectivity index (χ2v) is 4.86. The lowest BCUT2D eigenvalue weighted by Crippen LogP contribution is -2.24. The van der Waals surface area contributed by atoms with Crippen molar-refractivity contribution >= 4 is 0 Å². The fourth-order valence-corrected chi connectivity index (χ4v) is 1.60. The minimum Gasteiger partial charge on any atom is -0.392 e. The van der Waals surface area contributed by atoms with E-state index in [4.69, 9.17) is 0 Å². The van der Waals surface area contributed by atoms with Gasteiger partial charge in [0.1, 0.15) is 0 Å². The molecule has 1 N–H and O–H groups in total. The number of aliphatic hydroxyl groups excluding tert-OH is 1. The maximum atomic E-state index is 10.0. The largest absolute Gasteiger partial charge is 0.392 e. The first kappa shape index (κ1) is 12.3. The summed E-state index contributed by atoms with van der Waals surface area (Å²) < 4.78 is 0. The van der Waals surface area contributed by atoms with Crippen LogP contribution in [0.4, 0.5) is 0 Å². The molecule has 2 atom stereocenters. The monoisotopic (exact) mass is 206 g/mol. The molecule has 1 nitrogen and oxygen atoms in total. The van der Waals surface area contributed by atoms with Gasteiger partial charge in [-0.3, -0.25) is 0 Å². The van der Waals surface area contributed by atoms with Crippen LogP contribution in [-0.2, 0) is 6.42 Å². The van der Waals surface area contributed by atoms with Crippen molar-refractivity contribution in [3.8, 4) is 0 Å². The summed E-state index contributed by atoms with van der Waals surface area (Å²) in [4.78, 5) is 0. The fourth-order valence-electron chi connectivity index (χ4n) is 1.60. The van der Waals surface area contributed by atoms with Gasteiger partial charge < -0.3 is 5.11 Å². The second kappa shape index (κ2) is 5.32. The lowest BCUT2D eigenvalue weighted by molar-refractivity contribution is 0.0921. The molecule has 84 valence electrons. The van der Waals surface area contributed by atoms with Crippen LogP contribution in [0.5, 0.6) is 0 Å². The van der Waals surface area contributed by atoms with Crippen molar-refractivity contribution in [3.05, 3.63) is 35.4 Å². The molecule has 0 aliphatic rings. The predicted octanol–water partition coefficient (Wildman–Crippen LogP) is 3.19. The van der Waals surface area contributed by atoms with Crippen molar-refractivity contribution in [1.82, 2.24) is 0 Å². The number of aliphatic hydroxyl groups is 1. The Morgan fingerprint density at radius 2 is 1.60 bits per heavy atom. The summed E-state index contributed by atoms with van der Waals surface area (Å²) in [5, 5.41) is 10.0. The molecule has 1 heteroatoms. The average Bonchev–Trinajstić information content (AvgIpc) is 2.20.